The zero-order valence-corrected chi connectivity index (χ0v) is 32.5. The van der Waals surface area contributed by atoms with Crippen LogP contribution in [0.3, 0.4) is 0 Å². The molecule has 3 aliphatic rings. The summed E-state index contributed by atoms with van der Waals surface area (Å²) in [6, 6.07) is 4.32. The molecular weight excluding hydrogens is 701 g/mol. The van der Waals surface area contributed by atoms with Gasteiger partial charge in [-0.15, -0.1) is 0 Å². The van der Waals surface area contributed by atoms with Crippen LogP contribution in [0.15, 0.2) is 42.6 Å². The number of aromatic amines is 2. The molecule has 14 nitrogen and oxygen atoms in total. The van der Waals surface area contributed by atoms with Gasteiger partial charge in [0.1, 0.15) is 29.4 Å². The summed E-state index contributed by atoms with van der Waals surface area (Å²) in [6.07, 6.45) is 11.9. The number of fused-ring (bicyclic) bond motifs is 1. The van der Waals surface area contributed by atoms with Crippen LogP contribution in [-0.2, 0) is 19.1 Å². The minimum absolute atomic E-state index is 0.0242. The zero-order chi connectivity index (χ0) is 39.2. The van der Waals surface area contributed by atoms with Crippen molar-refractivity contribution < 1.29 is 28.7 Å². The first-order valence-corrected chi connectivity index (χ1v) is 19.2. The van der Waals surface area contributed by atoms with Crippen LogP contribution in [0.5, 0.6) is 0 Å². The van der Waals surface area contributed by atoms with Gasteiger partial charge in [-0.05, 0) is 79.6 Å². The van der Waals surface area contributed by atoms with Crippen molar-refractivity contribution in [1.82, 2.24) is 40.4 Å². The minimum Gasteiger partial charge on any atom is -0.453 e. The molecular formula is C41H52N8O6. The number of carbonyl (C=O) groups is 4. The highest BCUT2D eigenvalue weighted by molar-refractivity contribution is 5.88. The molecule has 14 heteroatoms. The number of nitrogens with one attached hydrogen (secondary N) is 4. The van der Waals surface area contributed by atoms with E-state index >= 15 is 0 Å². The smallest absolute Gasteiger partial charge is 0.407 e. The standard InChI is InChI=1S/C41H52N8O6/c1-24(2)34(46-40(52)54-5)38(50)48-20-8-7-10-32(48)36-42-23-29(43-36)18-14-26-12-15-27(16-13-26)28-17-19-30-31(22-28)45-37(44-30)33-11-9-21-49(33)39(51)35(25(3)4)47-41(53)55-6/h12,15-17,19,22-26,32-35H,7-11,13,20-21H2,1-6H3,(H,42,43)(H,44,45)(H,46,52)(H,47,53)/t26?,32?,33-,34?,35+/m0/s1. The summed E-state index contributed by atoms with van der Waals surface area (Å²) in [4.78, 5) is 71.1. The van der Waals surface area contributed by atoms with E-state index in [-0.39, 0.29) is 41.7 Å². The third-order valence-corrected chi connectivity index (χ3v) is 10.7. The molecule has 2 fully saturated rings. The van der Waals surface area contributed by atoms with Crippen molar-refractivity contribution in [2.24, 2.45) is 17.8 Å². The number of piperidine rings is 1. The lowest BCUT2D eigenvalue weighted by molar-refractivity contribution is -0.138. The van der Waals surface area contributed by atoms with Crippen molar-refractivity contribution in [1.29, 1.82) is 0 Å². The van der Waals surface area contributed by atoms with E-state index in [4.69, 9.17) is 14.5 Å². The number of allylic oxidation sites excluding steroid dienone is 4. The second kappa shape index (κ2) is 17.3. The molecule has 5 atom stereocenters. The van der Waals surface area contributed by atoms with Gasteiger partial charge in [-0.1, -0.05) is 57.9 Å². The van der Waals surface area contributed by atoms with Crippen molar-refractivity contribution in [2.75, 3.05) is 27.3 Å². The van der Waals surface area contributed by atoms with E-state index in [1.165, 1.54) is 14.2 Å². The molecule has 0 radical (unpaired) electrons. The molecule has 55 heavy (non-hydrogen) atoms. The molecule has 2 aromatic heterocycles. The Labute approximate surface area is 321 Å². The van der Waals surface area contributed by atoms with E-state index in [1.54, 1.807) is 6.20 Å². The number of likely N-dealkylation sites (tertiary alicyclic amines) is 2. The molecule has 4 N–H and O–H groups in total. The van der Waals surface area contributed by atoms with Crippen LogP contribution in [-0.4, -0.2) is 93.1 Å². The predicted molar refractivity (Wildman–Crippen MR) is 207 cm³/mol. The fraction of sp³-hybridized carbons (Fsp3) is 0.512. The van der Waals surface area contributed by atoms with Crippen LogP contribution in [0.4, 0.5) is 9.59 Å². The lowest BCUT2D eigenvalue weighted by Crippen LogP contribution is -2.53. The number of hydrogen-bond donors (Lipinski definition) is 4. The van der Waals surface area contributed by atoms with E-state index in [9.17, 15) is 19.2 Å². The average molecular weight is 753 g/mol. The van der Waals surface area contributed by atoms with Gasteiger partial charge in [-0.3, -0.25) is 9.59 Å². The van der Waals surface area contributed by atoms with Gasteiger partial charge < -0.3 is 39.9 Å². The van der Waals surface area contributed by atoms with Crippen LogP contribution >= 0.6 is 0 Å². The monoisotopic (exact) mass is 752 g/mol. The Kier molecular flexibility index (Phi) is 12.3. The molecule has 1 aromatic carbocycles. The predicted octanol–water partition coefficient (Wildman–Crippen LogP) is 5.78. The van der Waals surface area contributed by atoms with Gasteiger partial charge in [0.25, 0.3) is 0 Å². The third kappa shape index (κ3) is 8.88. The van der Waals surface area contributed by atoms with Crippen LogP contribution in [0, 0.1) is 29.6 Å². The van der Waals surface area contributed by atoms with Gasteiger partial charge >= 0.3 is 12.2 Å². The summed E-state index contributed by atoms with van der Waals surface area (Å²) in [6.45, 7) is 8.79. The molecule has 2 aliphatic heterocycles. The number of alkyl carbamates (subject to hydrolysis) is 2. The minimum atomic E-state index is -0.695. The molecule has 3 unspecified atom stereocenters. The molecule has 6 rings (SSSR count). The number of H-pyrrole nitrogens is 2. The van der Waals surface area contributed by atoms with E-state index in [0.717, 1.165) is 66.5 Å². The maximum absolute atomic E-state index is 13.6. The Morgan fingerprint density at radius 1 is 0.855 bits per heavy atom. The highest BCUT2D eigenvalue weighted by Gasteiger charge is 2.38. The fourth-order valence-electron chi connectivity index (χ4n) is 7.60. The molecule has 0 spiro atoms. The van der Waals surface area contributed by atoms with Gasteiger partial charge in [-0.25, -0.2) is 19.6 Å². The Balaban J connectivity index is 1.10. The Bertz CT molecular complexity index is 2020. The first-order valence-electron chi connectivity index (χ1n) is 19.2. The first-order chi connectivity index (χ1) is 26.5. The second-order valence-corrected chi connectivity index (χ2v) is 15.1. The van der Waals surface area contributed by atoms with Gasteiger partial charge in [0.2, 0.25) is 11.8 Å². The second-order valence-electron chi connectivity index (χ2n) is 15.1. The number of methoxy groups -OCH3 is 2. The number of rotatable bonds is 9. The fourth-order valence-corrected chi connectivity index (χ4v) is 7.60. The summed E-state index contributed by atoms with van der Waals surface area (Å²) < 4.78 is 9.53. The largest absolute Gasteiger partial charge is 0.453 e. The van der Waals surface area contributed by atoms with Crippen molar-refractivity contribution >= 4 is 40.6 Å². The molecule has 292 valence electrons. The maximum atomic E-state index is 13.6. The van der Waals surface area contributed by atoms with Gasteiger partial charge in [0, 0.05) is 19.0 Å². The molecule has 0 saturated carbocycles. The summed E-state index contributed by atoms with van der Waals surface area (Å²) in [5.41, 5.74) is 4.55. The maximum Gasteiger partial charge on any atom is 0.407 e. The molecule has 3 aromatic rings. The van der Waals surface area contributed by atoms with E-state index in [0.29, 0.717) is 24.6 Å². The summed E-state index contributed by atoms with van der Waals surface area (Å²) >= 11 is 0. The highest BCUT2D eigenvalue weighted by Crippen LogP contribution is 2.34. The normalized spacial score (nSPS) is 20.8. The van der Waals surface area contributed by atoms with Crippen molar-refractivity contribution in [2.45, 2.75) is 90.4 Å². The average Bonchev–Trinajstić information content (AvgIpc) is 3.97. The van der Waals surface area contributed by atoms with Crippen LogP contribution in [0.25, 0.3) is 16.6 Å². The number of ether oxygens (including phenoxy) is 2. The Morgan fingerprint density at radius 3 is 2.11 bits per heavy atom. The quantitative estimate of drug-likeness (QED) is 0.199. The molecule has 4 heterocycles. The van der Waals surface area contributed by atoms with Crippen molar-refractivity contribution in [3.8, 4) is 11.8 Å². The Morgan fingerprint density at radius 2 is 1.49 bits per heavy atom. The zero-order valence-electron chi connectivity index (χ0n) is 32.5. The van der Waals surface area contributed by atoms with E-state index < -0.39 is 24.3 Å². The molecule has 2 saturated heterocycles. The van der Waals surface area contributed by atoms with Crippen LogP contribution < -0.4 is 10.6 Å². The highest BCUT2D eigenvalue weighted by atomic mass is 16.5. The van der Waals surface area contributed by atoms with Crippen molar-refractivity contribution in [3.63, 3.8) is 0 Å². The van der Waals surface area contributed by atoms with E-state index in [1.807, 2.05) is 43.6 Å². The van der Waals surface area contributed by atoms with Gasteiger partial charge in [0.15, 0.2) is 0 Å². The van der Waals surface area contributed by atoms with Crippen molar-refractivity contribution in [3.05, 3.63) is 65.5 Å². The van der Waals surface area contributed by atoms with Gasteiger partial charge in [0.05, 0.1) is 43.5 Å². The molecule has 1 aliphatic carbocycles. The number of hydrogen-bond acceptors (Lipinski definition) is 8. The lowest BCUT2D eigenvalue weighted by atomic mass is 9.93. The van der Waals surface area contributed by atoms with Crippen LogP contribution in [0.2, 0.25) is 0 Å². The number of nitrogens with zero attached hydrogens (tertiary/aromatic N) is 4. The topological polar surface area (TPSA) is 175 Å². The summed E-state index contributed by atoms with van der Waals surface area (Å²) in [5, 5.41) is 5.40. The number of amides is 4. The SMILES string of the molecule is COC(=O)NC(C(=O)N1CCCCC1c1ncc(C#CC2C=CC(c3ccc4nc([C@@H]5CCCN5C(=O)[C@H](NC(=O)OC)C(C)C)[nH]c4c3)=CC2)[nH]1)C(C)C. The number of benzene rings is 1. The summed E-state index contributed by atoms with van der Waals surface area (Å²) in [5.74, 6) is 7.56. The molecule has 4 amide bonds. The van der Waals surface area contributed by atoms with Gasteiger partial charge in [-0.2, -0.15) is 0 Å². The number of imidazole rings is 2. The first kappa shape index (κ1) is 39.1. The Hall–Kier alpha value is -5.58. The molecule has 0 bridgehead atoms. The van der Waals surface area contributed by atoms with E-state index in [2.05, 4.69) is 67.8 Å². The summed E-state index contributed by atoms with van der Waals surface area (Å²) in [7, 11) is 2.58. The lowest BCUT2D eigenvalue weighted by Gasteiger charge is -2.37. The number of carbonyl (C=O) groups excluding carboxylic acids is 4. The van der Waals surface area contributed by atoms with Crippen LogP contribution in [0.1, 0.15) is 101 Å². The third-order valence-electron chi connectivity index (χ3n) is 10.7. The number of aromatic nitrogens is 4.